The van der Waals surface area contributed by atoms with Gasteiger partial charge in [0.1, 0.15) is 11.8 Å². The third-order valence-electron chi connectivity index (χ3n) is 12.5. The van der Waals surface area contributed by atoms with Gasteiger partial charge in [0, 0.05) is 11.1 Å². The molecule has 6 aromatic carbocycles. The van der Waals surface area contributed by atoms with Crippen LogP contribution < -0.4 is 26.4 Å². The van der Waals surface area contributed by atoms with Crippen molar-refractivity contribution in [3.63, 3.8) is 0 Å². The number of aromatic nitrogens is 2. The topological polar surface area (TPSA) is 33.8 Å². The first-order valence-electron chi connectivity index (χ1n) is 22.3. The second-order valence-electron chi connectivity index (χ2n) is 17.9. The minimum atomic E-state index is -6.13. The summed E-state index contributed by atoms with van der Waals surface area (Å²) in [4.78, 5) is 16.8. The number of carbonyl (C=O) groups is 1. The Morgan fingerprint density at radius 1 is 0.412 bits per heavy atom. The predicted octanol–water partition coefficient (Wildman–Crippen LogP) is 14.8. The van der Waals surface area contributed by atoms with Crippen LogP contribution in [-0.2, 0) is 56.0 Å². The molecule has 1 aromatic heterocycles. The van der Waals surface area contributed by atoms with E-state index in [4.69, 9.17) is 0 Å². The maximum absolute atomic E-state index is 14.2. The molecule has 0 saturated heterocycles. The highest BCUT2D eigenvalue weighted by Gasteiger charge is 2.47. The molecule has 1 heterocycles. The molecule has 7 aromatic rings. The number of ketones is 1. The first kappa shape index (κ1) is 61.7. The summed E-state index contributed by atoms with van der Waals surface area (Å²) in [5.74, 6) is 0.0914. The van der Waals surface area contributed by atoms with Crippen molar-refractivity contribution >= 4 is 33.8 Å². The maximum atomic E-state index is 14.2. The standard InChI is InChI=1S/C32H12BF24.C20H19N2O/c34-25(35,36)13-1-14(26(37,38)39)6-21(5-13)33(22-7-15(27(40,41)42)2-16(8-22)28(43,44)45,23-9-17(29(46,47)48)3-18(10-23)30(49,50)51)24-11-19(31(52,53)54)4-20(12-24)32(55,56)57;1-15-7-6-10-18(16(15)2)19-13-22(12-11-21-19)14-20(23)17-8-4-3-5-9-17/h1-12H;3-13H,14H2,1-2H3/q-1;+1. The second kappa shape index (κ2) is 21.5. The number of aryl methyl sites for hydroxylation is 1. The van der Waals surface area contributed by atoms with Crippen LogP contribution in [-0.4, -0.2) is 16.9 Å². The Morgan fingerprint density at radius 3 is 1.00 bits per heavy atom. The molecule has 7 rings (SSSR count). The van der Waals surface area contributed by atoms with Crippen LogP contribution in [0.3, 0.4) is 0 Å². The Bertz CT molecular complexity index is 2970. The number of carbonyl (C=O) groups excluding carboxylic acids is 1. The van der Waals surface area contributed by atoms with Gasteiger partial charge in [-0.2, -0.15) is 132 Å². The Balaban J connectivity index is 0.000000370. The minimum Gasteiger partial charge on any atom is -0.287 e. The van der Waals surface area contributed by atoms with Crippen molar-refractivity contribution in [2.75, 3.05) is 0 Å². The maximum Gasteiger partial charge on any atom is 0.416 e. The van der Waals surface area contributed by atoms with E-state index in [0.717, 1.165) is 16.8 Å². The highest BCUT2D eigenvalue weighted by atomic mass is 19.4. The third-order valence-corrected chi connectivity index (χ3v) is 12.5. The van der Waals surface area contributed by atoms with Gasteiger partial charge in [0.15, 0.2) is 12.4 Å². The van der Waals surface area contributed by atoms with Gasteiger partial charge >= 0.3 is 49.4 Å². The first-order chi connectivity index (χ1) is 36.4. The summed E-state index contributed by atoms with van der Waals surface area (Å²) in [7, 11) is 0. The van der Waals surface area contributed by atoms with E-state index in [1.54, 1.807) is 6.20 Å². The van der Waals surface area contributed by atoms with Crippen molar-refractivity contribution in [1.29, 1.82) is 0 Å². The Morgan fingerprint density at radius 2 is 0.713 bits per heavy atom. The minimum absolute atomic E-state index is 0.0914. The van der Waals surface area contributed by atoms with Crippen LogP contribution in [0.25, 0.3) is 11.3 Å². The van der Waals surface area contributed by atoms with Crippen LogP contribution in [0.2, 0.25) is 0 Å². The molecule has 0 spiro atoms. The van der Waals surface area contributed by atoms with Crippen LogP contribution in [0.15, 0.2) is 140 Å². The SMILES string of the molecule is Cc1cccc(-c2c[n+](CC(=O)c3ccccc3)ccn2)c1C.FC(F)(F)c1cc([B-](c2cc(C(F)(F)F)cc(C(F)(F)F)c2)(c2cc(C(F)(F)F)cc(C(F)(F)F)c2)c2cc(C(F)(F)F)cc(C(F)(F)F)c2)cc(C(F)(F)F)c1. The normalized spacial score (nSPS) is 13.2. The quantitative estimate of drug-likeness (QED) is 0.0658. The average Bonchev–Trinajstić information content (AvgIpc) is 3.33. The number of halogens is 24. The fourth-order valence-corrected chi connectivity index (χ4v) is 8.65. The average molecular weight is 1170 g/mol. The molecule has 0 saturated carbocycles. The molecule has 28 heteroatoms. The second-order valence-corrected chi connectivity index (χ2v) is 17.9. The fraction of sp³-hybridized carbons (Fsp3) is 0.212. The Kier molecular flexibility index (Phi) is 16.6. The lowest BCUT2D eigenvalue weighted by molar-refractivity contribution is -0.683. The Labute approximate surface area is 435 Å². The number of hydrogen-bond acceptors (Lipinski definition) is 2. The lowest BCUT2D eigenvalue weighted by Gasteiger charge is -2.46. The summed E-state index contributed by atoms with van der Waals surface area (Å²) in [6.45, 7) is 4.50. The molecule has 0 aliphatic rings. The molecule has 0 aliphatic heterocycles. The summed E-state index contributed by atoms with van der Waals surface area (Å²) >= 11 is 0. The van der Waals surface area contributed by atoms with Gasteiger partial charge < -0.3 is 0 Å². The zero-order chi connectivity index (χ0) is 60.1. The van der Waals surface area contributed by atoms with Gasteiger partial charge in [-0.25, -0.2) is 4.98 Å². The van der Waals surface area contributed by atoms with E-state index >= 15 is 0 Å². The van der Waals surface area contributed by atoms with Crippen molar-refractivity contribution in [2.45, 2.75) is 69.8 Å². The zero-order valence-electron chi connectivity index (χ0n) is 39.9. The summed E-state index contributed by atoms with van der Waals surface area (Å²) in [5, 5.41) is 0. The summed E-state index contributed by atoms with van der Waals surface area (Å²) in [6.07, 6.45) is -49.3. The summed E-state index contributed by atoms with van der Waals surface area (Å²) in [6, 6.07) is 6.74. The number of rotatable bonds is 8. The van der Waals surface area contributed by atoms with Crippen LogP contribution in [0.1, 0.15) is 66.0 Å². The molecule has 80 heavy (non-hydrogen) atoms. The highest BCUT2D eigenvalue weighted by molar-refractivity contribution is 7.20. The van der Waals surface area contributed by atoms with Crippen molar-refractivity contribution in [1.82, 2.24) is 4.98 Å². The molecule has 0 aliphatic carbocycles. The fourth-order valence-electron chi connectivity index (χ4n) is 8.65. The predicted molar refractivity (Wildman–Crippen MR) is 240 cm³/mol. The molecule has 426 valence electrons. The number of Topliss-reactive ketones (excluding diaryl/α,β-unsaturated/α-hetero) is 1. The van der Waals surface area contributed by atoms with Gasteiger partial charge in [0.2, 0.25) is 12.3 Å². The lowest BCUT2D eigenvalue weighted by Crippen LogP contribution is -2.75. The smallest absolute Gasteiger partial charge is 0.287 e. The van der Waals surface area contributed by atoms with Crippen LogP contribution in [0, 0.1) is 13.8 Å². The van der Waals surface area contributed by atoms with E-state index in [1.807, 2.05) is 53.4 Å². The molecule has 0 unspecified atom stereocenters. The van der Waals surface area contributed by atoms with E-state index in [2.05, 4.69) is 31.0 Å². The lowest BCUT2D eigenvalue weighted by atomic mass is 9.12. The summed E-state index contributed by atoms with van der Waals surface area (Å²) < 4.78 is 343. The van der Waals surface area contributed by atoms with Crippen LogP contribution in [0.5, 0.6) is 0 Å². The van der Waals surface area contributed by atoms with Gasteiger partial charge in [-0.1, -0.05) is 97.1 Å². The van der Waals surface area contributed by atoms with E-state index < -0.39 is 195 Å². The highest BCUT2D eigenvalue weighted by Crippen LogP contribution is 2.41. The van der Waals surface area contributed by atoms with Crippen LogP contribution in [0.4, 0.5) is 105 Å². The monoisotopic (exact) mass is 1170 g/mol. The van der Waals surface area contributed by atoms with E-state index in [1.165, 1.54) is 11.1 Å². The zero-order valence-corrected chi connectivity index (χ0v) is 39.9. The van der Waals surface area contributed by atoms with Crippen molar-refractivity contribution in [3.05, 3.63) is 201 Å². The molecule has 3 nitrogen and oxygen atoms in total. The van der Waals surface area contributed by atoms with Gasteiger partial charge in [0.25, 0.3) is 0 Å². The van der Waals surface area contributed by atoms with Crippen LogP contribution >= 0.6 is 0 Å². The number of nitrogens with zero attached hydrogens (tertiary/aromatic N) is 2. The Hall–Kier alpha value is -7.55. The van der Waals surface area contributed by atoms with E-state index in [9.17, 15) is 110 Å². The molecule has 0 bridgehead atoms. The number of benzene rings is 6. The van der Waals surface area contributed by atoms with E-state index in [-0.39, 0.29) is 5.78 Å². The molecule has 0 N–H and O–H groups in total. The first-order valence-corrected chi connectivity index (χ1v) is 22.3. The van der Waals surface area contributed by atoms with Gasteiger partial charge in [-0.3, -0.25) is 4.79 Å². The van der Waals surface area contributed by atoms with E-state index in [0.29, 0.717) is 6.54 Å². The molecule has 0 atom stereocenters. The summed E-state index contributed by atoms with van der Waals surface area (Å²) in [5.41, 5.74) is -25.0. The van der Waals surface area contributed by atoms with Gasteiger partial charge in [-0.05, 0) is 49.2 Å². The van der Waals surface area contributed by atoms with Crippen molar-refractivity contribution in [3.8, 4) is 11.3 Å². The van der Waals surface area contributed by atoms with Crippen molar-refractivity contribution < 1.29 is 115 Å². The molecular weight excluding hydrogens is 1140 g/mol. The number of alkyl halides is 24. The number of hydrogen-bond donors (Lipinski definition) is 0. The molecule has 0 radical (unpaired) electrons. The largest absolute Gasteiger partial charge is 0.416 e. The van der Waals surface area contributed by atoms with Gasteiger partial charge in [-0.15, -0.1) is 0 Å². The molecule has 0 amide bonds. The van der Waals surface area contributed by atoms with Crippen molar-refractivity contribution in [2.24, 2.45) is 0 Å². The molecule has 0 fully saturated rings. The molecular formula is C52H31BF24N2O. The van der Waals surface area contributed by atoms with Gasteiger partial charge in [0.05, 0.1) is 50.7 Å². The third kappa shape index (κ3) is 13.9.